The van der Waals surface area contributed by atoms with Gasteiger partial charge in [-0.25, -0.2) is 4.98 Å². The van der Waals surface area contributed by atoms with Crippen molar-refractivity contribution in [2.75, 3.05) is 5.32 Å². The standard InChI is InChI=1S/C14H12N4OS/c1-7-10(16-6-15-7)13-17-11-8-4-2-3-5-9(8)20-12(11)14(19)18-13/h2-6,13,17H,1H3,(H,15,16)(H,18,19)/t13-/m0/s1. The van der Waals surface area contributed by atoms with Gasteiger partial charge in [0.05, 0.1) is 12.0 Å². The van der Waals surface area contributed by atoms with Crippen molar-refractivity contribution < 1.29 is 4.79 Å². The first kappa shape index (κ1) is 11.5. The number of fused-ring (bicyclic) bond motifs is 3. The fourth-order valence-corrected chi connectivity index (χ4v) is 3.59. The number of aromatic nitrogens is 2. The van der Waals surface area contributed by atoms with Crippen molar-refractivity contribution in [1.29, 1.82) is 0 Å². The van der Waals surface area contributed by atoms with E-state index in [1.807, 2.05) is 31.2 Å². The second-order valence-corrected chi connectivity index (χ2v) is 5.82. The Labute approximate surface area is 119 Å². The maximum atomic E-state index is 12.3. The molecule has 1 aliphatic heterocycles. The quantitative estimate of drug-likeness (QED) is 0.643. The first-order chi connectivity index (χ1) is 9.74. The van der Waals surface area contributed by atoms with Gasteiger partial charge in [0.25, 0.3) is 5.91 Å². The van der Waals surface area contributed by atoms with Crippen molar-refractivity contribution in [2.24, 2.45) is 0 Å². The van der Waals surface area contributed by atoms with E-state index in [4.69, 9.17) is 0 Å². The van der Waals surface area contributed by atoms with Gasteiger partial charge >= 0.3 is 0 Å². The first-order valence-corrected chi connectivity index (χ1v) is 7.14. The summed E-state index contributed by atoms with van der Waals surface area (Å²) in [4.78, 5) is 20.3. The maximum Gasteiger partial charge on any atom is 0.265 e. The van der Waals surface area contributed by atoms with Crippen LogP contribution >= 0.6 is 11.3 Å². The Bertz CT molecular complexity index is 820. The fraction of sp³-hybridized carbons (Fsp3) is 0.143. The fourth-order valence-electron chi connectivity index (χ4n) is 2.52. The monoisotopic (exact) mass is 284 g/mol. The van der Waals surface area contributed by atoms with Crippen LogP contribution in [0.3, 0.4) is 0 Å². The molecule has 0 radical (unpaired) electrons. The lowest BCUT2D eigenvalue weighted by Crippen LogP contribution is -2.38. The zero-order valence-electron chi connectivity index (χ0n) is 10.7. The van der Waals surface area contributed by atoms with Gasteiger partial charge in [-0.3, -0.25) is 4.79 Å². The average Bonchev–Trinajstić information content (AvgIpc) is 3.03. The van der Waals surface area contributed by atoms with Gasteiger partial charge in [-0.1, -0.05) is 18.2 Å². The molecule has 1 aliphatic rings. The van der Waals surface area contributed by atoms with Crippen molar-refractivity contribution in [3.63, 3.8) is 0 Å². The zero-order valence-corrected chi connectivity index (χ0v) is 11.5. The Morgan fingerprint density at radius 2 is 2.10 bits per heavy atom. The molecule has 6 heteroatoms. The van der Waals surface area contributed by atoms with Gasteiger partial charge in [0.15, 0.2) is 0 Å². The van der Waals surface area contributed by atoms with E-state index in [0.29, 0.717) is 0 Å². The molecule has 4 rings (SSSR count). The number of aryl methyl sites for hydroxylation is 1. The van der Waals surface area contributed by atoms with Gasteiger partial charge in [0.1, 0.15) is 16.7 Å². The predicted octanol–water partition coefficient (Wildman–Crippen LogP) is 2.79. The van der Waals surface area contributed by atoms with Crippen LogP contribution in [0.15, 0.2) is 30.6 Å². The summed E-state index contributed by atoms with van der Waals surface area (Å²) in [7, 11) is 0. The smallest absolute Gasteiger partial charge is 0.265 e. The van der Waals surface area contributed by atoms with Crippen LogP contribution in [0.2, 0.25) is 0 Å². The third kappa shape index (κ3) is 1.55. The largest absolute Gasteiger partial charge is 0.358 e. The van der Waals surface area contributed by atoms with Gasteiger partial charge < -0.3 is 15.6 Å². The van der Waals surface area contributed by atoms with Crippen LogP contribution in [0.4, 0.5) is 5.69 Å². The maximum absolute atomic E-state index is 12.3. The van der Waals surface area contributed by atoms with Crippen LogP contribution in [-0.4, -0.2) is 15.9 Å². The molecule has 3 aromatic rings. The Morgan fingerprint density at radius 3 is 2.90 bits per heavy atom. The first-order valence-electron chi connectivity index (χ1n) is 6.33. The summed E-state index contributed by atoms with van der Waals surface area (Å²) in [5.74, 6) is -0.0488. The summed E-state index contributed by atoms with van der Waals surface area (Å²) in [5, 5.41) is 7.43. The molecular formula is C14H12N4OS. The Hall–Kier alpha value is -2.34. The van der Waals surface area contributed by atoms with E-state index in [1.165, 1.54) is 11.3 Å². The third-order valence-corrected chi connectivity index (χ3v) is 4.68. The number of anilines is 1. The summed E-state index contributed by atoms with van der Waals surface area (Å²) >= 11 is 1.51. The number of hydrogen-bond acceptors (Lipinski definition) is 4. The number of imidazole rings is 1. The Kier molecular flexibility index (Phi) is 2.34. The molecule has 0 bridgehead atoms. The van der Waals surface area contributed by atoms with Crippen molar-refractivity contribution in [1.82, 2.24) is 15.3 Å². The van der Waals surface area contributed by atoms with Crippen LogP contribution in [0.5, 0.6) is 0 Å². The Morgan fingerprint density at radius 1 is 1.25 bits per heavy atom. The normalized spacial score (nSPS) is 17.6. The summed E-state index contributed by atoms with van der Waals surface area (Å²) < 4.78 is 1.11. The van der Waals surface area contributed by atoms with Crippen molar-refractivity contribution in [3.8, 4) is 0 Å². The van der Waals surface area contributed by atoms with E-state index >= 15 is 0 Å². The number of nitrogens with one attached hydrogen (secondary N) is 3. The lowest BCUT2D eigenvalue weighted by Gasteiger charge is -2.25. The van der Waals surface area contributed by atoms with Gasteiger partial charge in [0.2, 0.25) is 0 Å². The molecule has 100 valence electrons. The molecule has 20 heavy (non-hydrogen) atoms. The van der Waals surface area contributed by atoms with Crippen LogP contribution in [0, 0.1) is 6.92 Å². The third-order valence-electron chi connectivity index (χ3n) is 3.51. The van der Waals surface area contributed by atoms with E-state index < -0.39 is 0 Å². The van der Waals surface area contributed by atoms with Crippen molar-refractivity contribution in [3.05, 3.63) is 46.9 Å². The second-order valence-electron chi connectivity index (χ2n) is 4.77. The van der Waals surface area contributed by atoms with Crippen LogP contribution in [-0.2, 0) is 0 Å². The van der Waals surface area contributed by atoms with Crippen LogP contribution in [0.25, 0.3) is 10.1 Å². The van der Waals surface area contributed by atoms with Gasteiger partial charge in [-0.15, -0.1) is 11.3 Å². The van der Waals surface area contributed by atoms with Crippen molar-refractivity contribution in [2.45, 2.75) is 13.1 Å². The number of amides is 1. The number of nitrogens with zero attached hydrogens (tertiary/aromatic N) is 1. The highest BCUT2D eigenvalue weighted by Crippen LogP contribution is 2.39. The zero-order chi connectivity index (χ0) is 13.7. The molecule has 2 aromatic heterocycles. The number of benzene rings is 1. The molecule has 0 saturated carbocycles. The summed E-state index contributed by atoms with van der Waals surface area (Å²) in [5.41, 5.74) is 2.67. The summed E-state index contributed by atoms with van der Waals surface area (Å²) in [6.07, 6.45) is 1.35. The molecule has 0 aliphatic carbocycles. The van der Waals surface area contributed by atoms with Gasteiger partial charge in [-0.05, 0) is 13.0 Å². The average molecular weight is 284 g/mol. The van der Waals surface area contributed by atoms with E-state index in [1.54, 1.807) is 6.33 Å². The number of aromatic amines is 1. The lowest BCUT2D eigenvalue weighted by molar-refractivity contribution is 0.0939. The minimum absolute atomic E-state index is 0.0488. The highest BCUT2D eigenvalue weighted by Gasteiger charge is 2.30. The molecule has 1 amide bonds. The summed E-state index contributed by atoms with van der Waals surface area (Å²) in [6.45, 7) is 1.94. The number of H-pyrrole nitrogens is 1. The molecule has 1 aromatic carbocycles. The topological polar surface area (TPSA) is 69.8 Å². The molecule has 3 N–H and O–H groups in total. The molecular weight excluding hydrogens is 272 g/mol. The SMILES string of the molecule is Cc1[nH]cnc1[C@@H]1NC(=O)c2sc3ccccc3c2N1. The van der Waals surface area contributed by atoms with E-state index in [-0.39, 0.29) is 12.1 Å². The molecule has 3 heterocycles. The van der Waals surface area contributed by atoms with E-state index in [0.717, 1.165) is 32.0 Å². The molecule has 5 nitrogen and oxygen atoms in total. The molecule has 1 atom stereocenters. The lowest BCUT2D eigenvalue weighted by atomic mass is 10.1. The molecule has 0 spiro atoms. The minimum atomic E-state index is -0.292. The second kappa shape index (κ2) is 4.08. The highest BCUT2D eigenvalue weighted by atomic mass is 32.1. The molecule has 0 fully saturated rings. The van der Waals surface area contributed by atoms with Gasteiger partial charge in [-0.2, -0.15) is 0 Å². The highest BCUT2D eigenvalue weighted by molar-refractivity contribution is 7.21. The predicted molar refractivity (Wildman–Crippen MR) is 79.0 cm³/mol. The van der Waals surface area contributed by atoms with Crippen LogP contribution in [0.1, 0.15) is 27.2 Å². The van der Waals surface area contributed by atoms with Crippen molar-refractivity contribution >= 4 is 33.0 Å². The summed E-state index contributed by atoms with van der Waals surface area (Å²) in [6, 6.07) is 8.03. The number of thiophene rings is 1. The van der Waals surface area contributed by atoms with Gasteiger partial charge in [0, 0.05) is 15.8 Å². The number of carbonyl (C=O) groups excluding carboxylic acids is 1. The molecule has 0 unspecified atom stereocenters. The number of carbonyl (C=O) groups is 1. The van der Waals surface area contributed by atoms with E-state index in [2.05, 4.69) is 20.6 Å². The number of hydrogen-bond donors (Lipinski definition) is 3. The minimum Gasteiger partial charge on any atom is -0.358 e. The van der Waals surface area contributed by atoms with Crippen LogP contribution < -0.4 is 10.6 Å². The number of rotatable bonds is 1. The Balaban J connectivity index is 1.86. The molecule has 0 saturated heterocycles. The van der Waals surface area contributed by atoms with E-state index in [9.17, 15) is 4.79 Å².